The number of thiazole rings is 1. The van der Waals surface area contributed by atoms with E-state index >= 15 is 0 Å². The van der Waals surface area contributed by atoms with E-state index in [0.717, 1.165) is 58.9 Å². The molecule has 0 aliphatic heterocycles. The van der Waals surface area contributed by atoms with E-state index in [9.17, 15) is 9.18 Å². The molecule has 0 saturated heterocycles. The molecule has 1 aliphatic rings. The van der Waals surface area contributed by atoms with Gasteiger partial charge in [-0.2, -0.15) is 0 Å². The van der Waals surface area contributed by atoms with Gasteiger partial charge in [-0.25, -0.2) is 24.1 Å². The lowest BCUT2D eigenvalue weighted by atomic mass is 9.96. The minimum atomic E-state index is -0.339. The highest BCUT2D eigenvalue weighted by Crippen LogP contribution is 2.41. The number of hydrogen-bond acceptors (Lipinski definition) is 7. The lowest BCUT2D eigenvalue weighted by Gasteiger charge is -2.16. The third-order valence-electron chi connectivity index (χ3n) is 7.18. The van der Waals surface area contributed by atoms with Crippen LogP contribution in [-0.4, -0.2) is 33.6 Å². The Morgan fingerprint density at radius 2 is 1.85 bits per heavy atom. The Morgan fingerprint density at radius 1 is 1.10 bits per heavy atom. The number of esters is 1. The summed E-state index contributed by atoms with van der Waals surface area (Å²) >= 11 is 1.62. The number of rotatable bonds is 12. The molecule has 6 nitrogen and oxygen atoms in total. The molecular weight excluding hydrogens is 511 g/mol. The molecule has 1 fully saturated rings. The predicted molar refractivity (Wildman–Crippen MR) is 156 cm³/mol. The predicted octanol–water partition coefficient (Wildman–Crippen LogP) is 8.32. The molecule has 2 aromatic heterocycles. The van der Waals surface area contributed by atoms with E-state index < -0.39 is 0 Å². The quantitative estimate of drug-likeness (QED) is 0.139. The van der Waals surface area contributed by atoms with E-state index in [1.54, 1.807) is 36.6 Å². The number of halogens is 1. The van der Waals surface area contributed by atoms with Crippen molar-refractivity contribution in [2.45, 2.75) is 90.0 Å². The molecule has 0 bridgehead atoms. The number of carbonyl (C=O) groups is 1. The SMILES string of the molecule is C=C(CCC(CCC)c1nc(-c2ccc(F)cc2)c(-c2ccnc(NC3CCCCCC3)n2)s1)C(=O)OCC. The first-order valence-electron chi connectivity index (χ1n) is 14.2. The number of anilines is 1. The first-order chi connectivity index (χ1) is 19.0. The molecule has 0 amide bonds. The Kier molecular flexibility index (Phi) is 10.6. The van der Waals surface area contributed by atoms with Gasteiger partial charge in [0.1, 0.15) is 5.82 Å². The van der Waals surface area contributed by atoms with Crippen molar-refractivity contribution in [1.29, 1.82) is 0 Å². The van der Waals surface area contributed by atoms with Crippen LogP contribution in [0.5, 0.6) is 0 Å². The van der Waals surface area contributed by atoms with Crippen LogP contribution in [0.4, 0.5) is 10.3 Å². The first-order valence-corrected chi connectivity index (χ1v) is 15.0. The minimum Gasteiger partial charge on any atom is -0.463 e. The standard InChI is InChI=1S/C31H39FN4O2S/c1-4-10-23(14-13-21(3)30(37)38-5-2)29-36-27(22-15-17-24(32)18-16-22)28(39-29)26-19-20-33-31(35-26)34-25-11-8-6-7-9-12-25/h15-20,23,25H,3-14H2,1-2H3,(H,33,34,35). The molecule has 2 heterocycles. The summed E-state index contributed by atoms with van der Waals surface area (Å²) in [5.74, 6) is 0.170. The molecule has 0 radical (unpaired) electrons. The maximum atomic E-state index is 13.8. The van der Waals surface area contributed by atoms with Gasteiger partial charge in [-0.05, 0) is 69.4 Å². The second-order valence-electron chi connectivity index (χ2n) is 10.2. The number of carbonyl (C=O) groups excluding carboxylic acids is 1. The fourth-order valence-electron chi connectivity index (χ4n) is 5.07. The monoisotopic (exact) mass is 550 g/mol. The van der Waals surface area contributed by atoms with Crippen LogP contribution in [0.15, 0.2) is 48.7 Å². The molecule has 1 aromatic carbocycles. The van der Waals surface area contributed by atoms with Crippen molar-refractivity contribution in [3.63, 3.8) is 0 Å². The van der Waals surface area contributed by atoms with Crippen LogP contribution in [0, 0.1) is 5.82 Å². The molecule has 0 spiro atoms. The zero-order chi connectivity index (χ0) is 27.6. The van der Waals surface area contributed by atoms with Crippen molar-refractivity contribution >= 4 is 23.3 Å². The summed E-state index contributed by atoms with van der Waals surface area (Å²) < 4.78 is 18.9. The molecule has 1 N–H and O–H groups in total. The summed E-state index contributed by atoms with van der Waals surface area (Å²) in [4.78, 5) is 27.6. The zero-order valence-corrected chi connectivity index (χ0v) is 23.9. The summed E-state index contributed by atoms with van der Waals surface area (Å²) in [6.45, 7) is 8.22. The lowest BCUT2D eigenvalue weighted by Crippen LogP contribution is -2.19. The van der Waals surface area contributed by atoms with Gasteiger partial charge >= 0.3 is 5.97 Å². The van der Waals surface area contributed by atoms with Crippen molar-refractivity contribution < 1.29 is 13.9 Å². The van der Waals surface area contributed by atoms with Crippen LogP contribution in [0.1, 0.15) is 89.0 Å². The number of nitrogens with zero attached hydrogens (tertiary/aromatic N) is 3. The van der Waals surface area contributed by atoms with Crippen LogP contribution < -0.4 is 5.32 Å². The molecule has 39 heavy (non-hydrogen) atoms. The highest BCUT2D eigenvalue weighted by atomic mass is 32.1. The Balaban J connectivity index is 1.65. The maximum Gasteiger partial charge on any atom is 0.333 e. The van der Waals surface area contributed by atoms with Crippen LogP contribution >= 0.6 is 11.3 Å². The number of aromatic nitrogens is 3. The Labute approximate surface area is 235 Å². The Morgan fingerprint density at radius 3 is 2.54 bits per heavy atom. The highest BCUT2D eigenvalue weighted by molar-refractivity contribution is 7.15. The molecule has 4 rings (SSSR count). The summed E-state index contributed by atoms with van der Waals surface area (Å²) in [6, 6.07) is 8.76. The maximum absolute atomic E-state index is 13.8. The average Bonchev–Trinajstić information content (AvgIpc) is 3.22. The minimum absolute atomic E-state index is 0.157. The molecule has 8 heteroatoms. The fourth-order valence-corrected chi connectivity index (χ4v) is 6.30. The molecule has 1 aliphatic carbocycles. The largest absolute Gasteiger partial charge is 0.463 e. The molecule has 1 atom stereocenters. The van der Waals surface area contributed by atoms with Gasteiger partial charge in [0.15, 0.2) is 0 Å². The average molecular weight is 551 g/mol. The zero-order valence-electron chi connectivity index (χ0n) is 23.0. The van der Waals surface area contributed by atoms with Crippen molar-refractivity contribution in [3.8, 4) is 21.8 Å². The second-order valence-corrected chi connectivity index (χ2v) is 11.2. The smallest absolute Gasteiger partial charge is 0.333 e. The van der Waals surface area contributed by atoms with Crippen molar-refractivity contribution in [3.05, 3.63) is 59.5 Å². The number of hydrogen-bond donors (Lipinski definition) is 1. The van der Waals surface area contributed by atoms with E-state index in [2.05, 4.69) is 23.8 Å². The van der Waals surface area contributed by atoms with E-state index in [-0.39, 0.29) is 17.7 Å². The van der Waals surface area contributed by atoms with E-state index in [4.69, 9.17) is 14.7 Å². The van der Waals surface area contributed by atoms with Gasteiger partial charge < -0.3 is 10.1 Å². The van der Waals surface area contributed by atoms with Gasteiger partial charge in [0.05, 0.1) is 27.9 Å². The normalized spacial score (nSPS) is 14.9. The molecule has 1 saturated carbocycles. The van der Waals surface area contributed by atoms with Gasteiger partial charge in [0.25, 0.3) is 0 Å². The van der Waals surface area contributed by atoms with Crippen LogP contribution in [-0.2, 0) is 9.53 Å². The van der Waals surface area contributed by atoms with Gasteiger partial charge in [0, 0.05) is 29.3 Å². The van der Waals surface area contributed by atoms with E-state index in [1.165, 1.54) is 37.8 Å². The second kappa shape index (κ2) is 14.3. The van der Waals surface area contributed by atoms with Crippen LogP contribution in [0.3, 0.4) is 0 Å². The summed E-state index contributed by atoms with van der Waals surface area (Å²) in [7, 11) is 0. The van der Waals surface area contributed by atoms with Gasteiger partial charge in [-0.3, -0.25) is 0 Å². The van der Waals surface area contributed by atoms with E-state index in [0.29, 0.717) is 30.6 Å². The number of benzene rings is 1. The van der Waals surface area contributed by atoms with E-state index in [1.807, 2.05) is 6.07 Å². The molecule has 1 unspecified atom stereocenters. The highest BCUT2D eigenvalue weighted by Gasteiger charge is 2.23. The third kappa shape index (κ3) is 7.94. The van der Waals surface area contributed by atoms with Crippen molar-refractivity contribution in [2.75, 3.05) is 11.9 Å². The first kappa shape index (κ1) is 28.9. The van der Waals surface area contributed by atoms with Crippen molar-refractivity contribution in [2.24, 2.45) is 0 Å². The lowest BCUT2D eigenvalue weighted by molar-refractivity contribution is -0.138. The van der Waals surface area contributed by atoms with Gasteiger partial charge in [0.2, 0.25) is 5.95 Å². The fraction of sp³-hybridized carbons (Fsp3) is 0.484. The van der Waals surface area contributed by atoms with Crippen LogP contribution in [0.2, 0.25) is 0 Å². The molecule has 208 valence electrons. The number of ether oxygens (including phenoxy) is 1. The summed E-state index contributed by atoms with van der Waals surface area (Å²) in [5, 5.41) is 4.55. The van der Waals surface area contributed by atoms with Crippen molar-refractivity contribution in [1.82, 2.24) is 15.0 Å². The topological polar surface area (TPSA) is 77.0 Å². The summed E-state index contributed by atoms with van der Waals surface area (Å²) in [6.07, 6.45) is 12.3. The number of nitrogens with one attached hydrogen (secondary N) is 1. The third-order valence-corrected chi connectivity index (χ3v) is 8.42. The molecule has 3 aromatic rings. The Hall–Kier alpha value is -3.13. The van der Waals surface area contributed by atoms with Gasteiger partial charge in [-0.1, -0.05) is 45.6 Å². The van der Waals surface area contributed by atoms with Crippen LogP contribution in [0.25, 0.3) is 21.8 Å². The Bertz CT molecular complexity index is 1240. The summed E-state index contributed by atoms with van der Waals surface area (Å²) in [5.41, 5.74) is 2.92. The van der Waals surface area contributed by atoms with Gasteiger partial charge in [-0.15, -0.1) is 11.3 Å². The molecular formula is C31H39FN4O2S.